The summed E-state index contributed by atoms with van der Waals surface area (Å²) < 4.78 is 5.90. The molecule has 4 nitrogen and oxygen atoms in total. The molecule has 1 heterocycles. The first-order chi connectivity index (χ1) is 8.96. The molecule has 0 unspecified atom stereocenters. The molecule has 1 saturated carbocycles. The van der Waals surface area contributed by atoms with E-state index in [1.165, 1.54) is 0 Å². The zero-order valence-corrected chi connectivity index (χ0v) is 10.9. The second kappa shape index (κ2) is 4.13. The summed E-state index contributed by atoms with van der Waals surface area (Å²) in [4.78, 5) is 11.6. The summed E-state index contributed by atoms with van der Waals surface area (Å²) in [6, 6.07) is 9.62. The molecule has 0 aromatic heterocycles. The Balaban J connectivity index is 1.95. The Bertz CT molecular complexity index is 500. The molecule has 2 N–H and O–H groups in total. The lowest BCUT2D eigenvalue weighted by Crippen LogP contribution is -2.55. The number of carbonyl (C=O) groups excluding carboxylic acids is 1. The number of hydrogen-bond acceptors (Lipinski definition) is 4. The molecule has 1 aliphatic carbocycles. The molecule has 1 aliphatic heterocycles. The van der Waals surface area contributed by atoms with Crippen LogP contribution in [-0.4, -0.2) is 34.3 Å². The average molecular weight is 262 g/mol. The van der Waals surface area contributed by atoms with Crippen molar-refractivity contribution in [2.75, 3.05) is 6.61 Å². The fourth-order valence-electron chi connectivity index (χ4n) is 3.33. The van der Waals surface area contributed by atoms with E-state index < -0.39 is 17.3 Å². The van der Waals surface area contributed by atoms with Gasteiger partial charge in [0.1, 0.15) is 11.7 Å². The lowest BCUT2D eigenvalue weighted by molar-refractivity contribution is -0.206. The Morgan fingerprint density at radius 2 is 2.00 bits per heavy atom. The van der Waals surface area contributed by atoms with Gasteiger partial charge in [-0.05, 0) is 12.5 Å². The second-order valence-electron chi connectivity index (χ2n) is 5.85. The maximum absolute atomic E-state index is 11.6. The van der Waals surface area contributed by atoms with Crippen LogP contribution in [0, 0.1) is 5.92 Å². The zero-order valence-electron chi connectivity index (χ0n) is 10.9. The van der Waals surface area contributed by atoms with Gasteiger partial charge in [-0.25, -0.2) is 0 Å². The van der Waals surface area contributed by atoms with Crippen LogP contribution in [0.15, 0.2) is 30.3 Å². The van der Waals surface area contributed by atoms with Crippen LogP contribution < -0.4 is 0 Å². The standard InChI is InChI=1S/C15H18O4/c1-14(10-5-3-2-4-6-10)9-15(18)11(8-19-14)7-12(16)13(15)17/h2-6,11,13,17-18H,7-9H2,1H3/t11-,13+,14+,15-/m0/s1. The zero-order chi connectivity index (χ0) is 13.7. The molecule has 2 aliphatic rings. The molecule has 0 radical (unpaired) electrons. The topological polar surface area (TPSA) is 66.8 Å². The van der Waals surface area contributed by atoms with Crippen LogP contribution in [0.2, 0.25) is 0 Å². The molecule has 1 aromatic rings. The molecule has 4 atom stereocenters. The Kier molecular flexibility index (Phi) is 2.78. The van der Waals surface area contributed by atoms with E-state index in [1.54, 1.807) is 0 Å². The van der Waals surface area contributed by atoms with Crippen molar-refractivity contribution in [1.82, 2.24) is 0 Å². The molecule has 19 heavy (non-hydrogen) atoms. The minimum absolute atomic E-state index is 0.197. The summed E-state index contributed by atoms with van der Waals surface area (Å²) >= 11 is 0. The molecular weight excluding hydrogens is 244 g/mol. The SMILES string of the molecule is C[C@]1(c2ccccc2)C[C@]2(O)[C@H](CO1)CC(=O)[C@H]2O. The third-order valence-electron chi connectivity index (χ3n) is 4.54. The maximum Gasteiger partial charge on any atom is 0.164 e. The van der Waals surface area contributed by atoms with Crippen LogP contribution in [0.3, 0.4) is 0 Å². The molecule has 0 amide bonds. The van der Waals surface area contributed by atoms with Gasteiger partial charge < -0.3 is 14.9 Å². The number of hydrogen-bond donors (Lipinski definition) is 2. The third kappa shape index (κ3) is 1.83. The number of ketones is 1. The van der Waals surface area contributed by atoms with Gasteiger partial charge in [0, 0.05) is 18.8 Å². The van der Waals surface area contributed by atoms with E-state index in [-0.39, 0.29) is 24.5 Å². The largest absolute Gasteiger partial charge is 0.386 e. The van der Waals surface area contributed by atoms with Crippen molar-refractivity contribution in [1.29, 1.82) is 0 Å². The average Bonchev–Trinajstić information content (AvgIpc) is 2.63. The third-order valence-corrected chi connectivity index (χ3v) is 4.54. The highest BCUT2D eigenvalue weighted by Crippen LogP contribution is 2.48. The van der Waals surface area contributed by atoms with Crippen LogP contribution in [0.1, 0.15) is 25.3 Å². The van der Waals surface area contributed by atoms with Gasteiger partial charge in [0.15, 0.2) is 5.78 Å². The van der Waals surface area contributed by atoms with Crippen LogP contribution in [-0.2, 0) is 15.1 Å². The molecule has 2 fully saturated rings. The lowest BCUT2D eigenvalue weighted by atomic mass is 9.75. The first-order valence-corrected chi connectivity index (χ1v) is 6.58. The van der Waals surface area contributed by atoms with E-state index in [9.17, 15) is 15.0 Å². The van der Waals surface area contributed by atoms with Gasteiger partial charge in [0.2, 0.25) is 0 Å². The monoisotopic (exact) mass is 262 g/mol. The van der Waals surface area contributed by atoms with Crippen molar-refractivity contribution >= 4 is 5.78 Å². The Hall–Kier alpha value is -1.23. The smallest absolute Gasteiger partial charge is 0.164 e. The predicted molar refractivity (Wildman–Crippen MR) is 68.4 cm³/mol. The van der Waals surface area contributed by atoms with E-state index in [1.807, 2.05) is 37.3 Å². The van der Waals surface area contributed by atoms with E-state index in [2.05, 4.69) is 0 Å². The van der Waals surface area contributed by atoms with Gasteiger partial charge in [-0.15, -0.1) is 0 Å². The van der Waals surface area contributed by atoms with E-state index in [4.69, 9.17) is 4.74 Å². The molecule has 0 spiro atoms. The molecule has 3 rings (SSSR count). The first-order valence-electron chi connectivity index (χ1n) is 6.58. The van der Waals surface area contributed by atoms with E-state index >= 15 is 0 Å². The number of Topliss-reactive ketones (excluding diaryl/α,β-unsaturated/α-hetero) is 1. The number of benzene rings is 1. The highest BCUT2D eigenvalue weighted by Gasteiger charge is 2.59. The number of rotatable bonds is 1. The van der Waals surface area contributed by atoms with E-state index in [0.29, 0.717) is 6.61 Å². The Labute approximate surface area is 112 Å². The van der Waals surface area contributed by atoms with E-state index in [0.717, 1.165) is 5.56 Å². The van der Waals surface area contributed by atoms with Crippen molar-refractivity contribution in [3.05, 3.63) is 35.9 Å². The van der Waals surface area contributed by atoms with Gasteiger partial charge in [-0.1, -0.05) is 30.3 Å². The van der Waals surface area contributed by atoms with Crippen molar-refractivity contribution in [2.45, 2.75) is 37.1 Å². The minimum atomic E-state index is -1.36. The van der Waals surface area contributed by atoms with Gasteiger partial charge in [0.25, 0.3) is 0 Å². The molecule has 1 aromatic carbocycles. The van der Waals surface area contributed by atoms with Crippen LogP contribution in [0.4, 0.5) is 0 Å². The normalized spacial score (nSPS) is 42.2. The van der Waals surface area contributed by atoms with Crippen LogP contribution >= 0.6 is 0 Å². The van der Waals surface area contributed by atoms with Crippen LogP contribution in [0.25, 0.3) is 0 Å². The lowest BCUT2D eigenvalue weighted by Gasteiger charge is -2.46. The van der Waals surface area contributed by atoms with Crippen molar-refractivity contribution in [2.24, 2.45) is 5.92 Å². The van der Waals surface area contributed by atoms with Gasteiger partial charge in [0.05, 0.1) is 12.2 Å². The quantitative estimate of drug-likeness (QED) is 0.792. The summed E-state index contributed by atoms with van der Waals surface area (Å²) in [5, 5.41) is 20.7. The number of aliphatic hydroxyl groups is 2. The summed E-state index contributed by atoms with van der Waals surface area (Å²) in [5.41, 5.74) is -1.08. The summed E-state index contributed by atoms with van der Waals surface area (Å²) in [6.07, 6.45) is -0.853. The number of aliphatic hydroxyl groups excluding tert-OH is 1. The highest BCUT2D eigenvalue weighted by molar-refractivity contribution is 5.87. The number of fused-ring (bicyclic) bond motifs is 1. The van der Waals surface area contributed by atoms with Gasteiger partial charge in [-0.2, -0.15) is 0 Å². The molecule has 4 heteroatoms. The Morgan fingerprint density at radius 3 is 2.68 bits per heavy atom. The predicted octanol–water partition coefficient (Wildman–Crippen LogP) is 1.00. The summed E-state index contributed by atoms with van der Waals surface area (Å²) in [7, 11) is 0. The molecule has 1 saturated heterocycles. The fraction of sp³-hybridized carbons (Fsp3) is 0.533. The molecule has 102 valence electrons. The molecule has 0 bridgehead atoms. The number of carbonyl (C=O) groups is 1. The molecular formula is C15H18O4. The maximum atomic E-state index is 11.6. The highest BCUT2D eigenvalue weighted by atomic mass is 16.5. The van der Waals surface area contributed by atoms with Crippen LogP contribution in [0.5, 0.6) is 0 Å². The Morgan fingerprint density at radius 1 is 1.32 bits per heavy atom. The fourth-order valence-corrected chi connectivity index (χ4v) is 3.33. The van der Waals surface area contributed by atoms with Crippen molar-refractivity contribution in [3.63, 3.8) is 0 Å². The van der Waals surface area contributed by atoms with Gasteiger partial charge in [-0.3, -0.25) is 4.79 Å². The summed E-state index contributed by atoms with van der Waals surface area (Å²) in [6.45, 7) is 2.19. The van der Waals surface area contributed by atoms with Crippen molar-refractivity contribution in [3.8, 4) is 0 Å². The number of ether oxygens (including phenoxy) is 1. The minimum Gasteiger partial charge on any atom is -0.386 e. The van der Waals surface area contributed by atoms with Gasteiger partial charge >= 0.3 is 0 Å². The first kappa shape index (κ1) is 12.8. The summed E-state index contributed by atoms with van der Waals surface area (Å²) in [5.74, 6) is -0.583. The van der Waals surface area contributed by atoms with Crippen molar-refractivity contribution < 1.29 is 19.7 Å². The second-order valence-corrected chi connectivity index (χ2v) is 5.85.